The zero-order valence-corrected chi connectivity index (χ0v) is 12.5. The van der Waals surface area contributed by atoms with Crippen molar-refractivity contribution >= 4 is 12.0 Å². The molecule has 0 saturated carbocycles. The first-order chi connectivity index (χ1) is 10.2. The van der Waals surface area contributed by atoms with E-state index in [-0.39, 0.29) is 17.0 Å². The number of hydrogen-bond acceptors (Lipinski definition) is 4. The van der Waals surface area contributed by atoms with Crippen LogP contribution in [0.15, 0.2) is 18.2 Å². The van der Waals surface area contributed by atoms with Crippen molar-refractivity contribution < 1.29 is 14.5 Å². The quantitative estimate of drug-likeness (QED) is 0.260. The van der Waals surface area contributed by atoms with Gasteiger partial charge in [-0.1, -0.05) is 45.4 Å². The molecule has 0 bridgehead atoms. The standard InChI is InChI=1S/C16H23NO4/c1-2-3-4-5-6-7-8-11-21-16-10-9-14(13-18)12-15(16)17(19)20/h9-10,12-13H,2-8,11H2,1H3. The van der Waals surface area contributed by atoms with Crippen molar-refractivity contribution in [2.75, 3.05) is 6.61 Å². The van der Waals surface area contributed by atoms with Crippen molar-refractivity contribution in [1.29, 1.82) is 0 Å². The predicted molar refractivity (Wildman–Crippen MR) is 82.0 cm³/mol. The molecule has 0 fully saturated rings. The monoisotopic (exact) mass is 293 g/mol. The molecule has 0 unspecified atom stereocenters. The molecule has 21 heavy (non-hydrogen) atoms. The van der Waals surface area contributed by atoms with Gasteiger partial charge in [-0.05, 0) is 18.6 Å². The van der Waals surface area contributed by atoms with E-state index in [1.54, 1.807) is 0 Å². The molecular weight excluding hydrogens is 270 g/mol. The lowest BCUT2D eigenvalue weighted by atomic mass is 10.1. The molecule has 0 N–H and O–H groups in total. The van der Waals surface area contributed by atoms with Gasteiger partial charge in [0.2, 0.25) is 0 Å². The maximum Gasteiger partial charge on any atom is 0.311 e. The van der Waals surface area contributed by atoms with E-state index in [0.29, 0.717) is 12.9 Å². The largest absolute Gasteiger partial charge is 0.487 e. The minimum absolute atomic E-state index is 0.150. The van der Waals surface area contributed by atoms with Crippen LogP contribution in [0.1, 0.15) is 62.2 Å². The van der Waals surface area contributed by atoms with Crippen LogP contribution in [0.3, 0.4) is 0 Å². The number of unbranched alkanes of at least 4 members (excludes halogenated alkanes) is 6. The van der Waals surface area contributed by atoms with E-state index in [2.05, 4.69) is 6.92 Å². The molecular formula is C16H23NO4. The summed E-state index contributed by atoms with van der Waals surface area (Å²) < 4.78 is 5.47. The van der Waals surface area contributed by atoms with Gasteiger partial charge in [0.15, 0.2) is 5.75 Å². The molecule has 0 atom stereocenters. The van der Waals surface area contributed by atoms with Crippen molar-refractivity contribution in [3.63, 3.8) is 0 Å². The van der Waals surface area contributed by atoms with Gasteiger partial charge in [-0.3, -0.25) is 14.9 Å². The first kappa shape index (κ1) is 17.1. The van der Waals surface area contributed by atoms with E-state index in [1.165, 1.54) is 50.3 Å². The Morgan fingerprint density at radius 2 is 1.81 bits per heavy atom. The van der Waals surface area contributed by atoms with Crippen LogP contribution in [0.25, 0.3) is 0 Å². The number of ether oxygens (including phenoxy) is 1. The molecule has 1 rings (SSSR count). The summed E-state index contributed by atoms with van der Waals surface area (Å²) in [7, 11) is 0. The third-order valence-corrected chi connectivity index (χ3v) is 3.32. The normalized spacial score (nSPS) is 10.3. The Kier molecular flexibility index (Phi) is 8.09. The van der Waals surface area contributed by atoms with Crippen LogP contribution in [0, 0.1) is 10.1 Å². The Labute approximate surface area is 125 Å². The molecule has 5 nitrogen and oxygen atoms in total. The predicted octanol–water partition coefficient (Wildman–Crippen LogP) is 4.54. The van der Waals surface area contributed by atoms with Gasteiger partial charge in [-0.25, -0.2) is 0 Å². The van der Waals surface area contributed by atoms with E-state index in [1.807, 2.05) is 0 Å². The Morgan fingerprint density at radius 1 is 1.14 bits per heavy atom. The van der Waals surface area contributed by atoms with Crippen molar-refractivity contribution in [3.8, 4) is 5.75 Å². The topological polar surface area (TPSA) is 69.4 Å². The molecule has 0 aromatic heterocycles. The van der Waals surface area contributed by atoms with Crippen molar-refractivity contribution in [2.45, 2.75) is 51.9 Å². The van der Waals surface area contributed by atoms with Gasteiger partial charge in [0.25, 0.3) is 0 Å². The Hall–Kier alpha value is -1.91. The van der Waals surface area contributed by atoms with E-state index in [9.17, 15) is 14.9 Å². The van der Waals surface area contributed by atoms with Crippen LogP contribution in [0.5, 0.6) is 5.75 Å². The van der Waals surface area contributed by atoms with Crippen LogP contribution >= 0.6 is 0 Å². The molecule has 0 radical (unpaired) electrons. The fraction of sp³-hybridized carbons (Fsp3) is 0.562. The maximum absolute atomic E-state index is 10.9. The lowest BCUT2D eigenvalue weighted by Crippen LogP contribution is -2.01. The van der Waals surface area contributed by atoms with E-state index < -0.39 is 4.92 Å². The molecule has 1 aromatic carbocycles. The minimum Gasteiger partial charge on any atom is -0.487 e. The third-order valence-electron chi connectivity index (χ3n) is 3.32. The maximum atomic E-state index is 10.9. The highest BCUT2D eigenvalue weighted by atomic mass is 16.6. The molecule has 0 aliphatic rings. The van der Waals surface area contributed by atoms with Gasteiger partial charge in [0.1, 0.15) is 6.29 Å². The average molecular weight is 293 g/mol. The summed E-state index contributed by atoms with van der Waals surface area (Å²) >= 11 is 0. The SMILES string of the molecule is CCCCCCCCCOc1ccc(C=O)cc1[N+](=O)[O-]. The number of rotatable bonds is 11. The summed E-state index contributed by atoms with van der Waals surface area (Å²) in [6.45, 7) is 2.66. The van der Waals surface area contributed by atoms with Gasteiger partial charge < -0.3 is 4.74 Å². The zero-order valence-electron chi connectivity index (χ0n) is 12.5. The lowest BCUT2D eigenvalue weighted by Gasteiger charge is -2.07. The number of hydrogen-bond donors (Lipinski definition) is 0. The van der Waals surface area contributed by atoms with Crippen molar-refractivity contribution in [2.24, 2.45) is 0 Å². The average Bonchev–Trinajstić information content (AvgIpc) is 2.49. The van der Waals surface area contributed by atoms with Crippen LogP contribution in [0.4, 0.5) is 5.69 Å². The van der Waals surface area contributed by atoms with Crippen LogP contribution in [0.2, 0.25) is 0 Å². The summed E-state index contributed by atoms with van der Waals surface area (Å²) in [6, 6.07) is 4.26. The van der Waals surface area contributed by atoms with Crippen LogP contribution < -0.4 is 4.74 Å². The molecule has 5 heteroatoms. The molecule has 0 spiro atoms. The fourth-order valence-electron chi connectivity index (χ4n) is 2.11. The number of aldehydes is 1. The Balaban J connectivity index is 2.34. The lowest BCUT2D eigenvalue weighted by molar-refractivity contribution is -0.385. The second-order valence-corrected chi connectivity index (χ2v) is 5.07. The molecule has 0 amide bonds. The van der Waals surface area contributed by atoms with E-state index in [4.69, 9.17) is 4.74 Å². The van der Waals surface area contributed by atoms with Crippen molar-refractivity contribution in [1.82, 2.24) is 0 Å². The fourth-order valence-corrected chi connectivity index (χ4v) is 2.11. The van der Waals surface area contributed by atoms with Crippen molar-refractivity contribution in [3.05, 3.63) is 33.9 Å². The second kappa shape index (κ2) is 9.91. The zero-order chi connectivity index (χ0) is 15.5. The number of benzene rings is 1. The molecule has 0 aliphatic carbocycles. The molecule has 0 saturated heterocycles. The van der Waals surface area contributed by atoms with E-state index >= 15 is 0 Å². The van der Waals surface area contributed by atoms with Crippen LogP contribution in [-0.4, -0.2) is 17.8 Å². The number of nitrogens with zero attached hydrogens (tertiary/aromatic N) is 1. The van der Waals surface area contributed by atoms with Gasteiger partial charge in [0.05, 0.1) is 11.5 Å². The smallest absolute Gasteiger partial charge is 0.311 e. The van der Waals surface area contributed by atoms with Gasteiger partial charge >= 0.3 is 5.69 Å². The van der Waals surface area contributed by atoms with Crippen LogP contribution in [-0.2, 0) is 0 Å². The molecule has 116 valence electrons. The third kappa shape index (κ3) is 6.38. The first-order valence-electron chi connectivity index (χ1n) is 7.55. The number of nitro benzene ring substituents is 1. The summed E-state index contributed by atoms with van der Waals surface area (Å²) in [4.78, 5) is 21.1. The molecule has 0 aliphatic heterocycles. The van der Waals surface area contributed by atoms with Gasteiger partial charge in [-0.15, -0.1) is 0 Å². The van der Waals surface area contributed by atoms with Gasteiger partial charge in [-0.2, -0.15) is 0 Å². The molecule has 0 heterocycles. The second-order valence-electron chi connectivity index (χ2n) is 5.07. The number of carbonyl (C=O) groups is 1. The minimum atomic E-state index is -0.521. The van der Waals surface area contributed by atoms with Gasteiger partial charge in [0, 0.05) is 11.6 Å². The first-order valence-corrected chi connectivity index (χ1v) is 7.55. The Bertz CT molecular complexity index is 460. The highest BCUT2D eigenvalue weighted by Gasteiger charge is 2.15. The summed E-state index contributed by atoms with van der Waals surface area (Å²) in [5.41, 5.74) is 0.132. The number of nitro groups is 1. The highest BCUT2D eigenvalue weighted by molar-refractivity contribution is 5.77. The summed E-state index contributed by atoms with van der Waals surface area (Å²) in [6.07, 6.45) is 8.76. The molecule has 1 aromatic rings. The summed E-state index contributed by atoms with van der Waals surface area (Å²) in [5.74, 6) is 0.233. The summed E-state index contributed by atoms with van der Waals surface area (Å²) in [5, 5.41) is 10.9. The highest BCUT2D eigenvalue weighted by Crippen LogP contribution is 2.27. The van der Waals surface area contributed by atoms with E-state index in [0.717, 1.165) is 12.8 Å². The Morgan fingerprint density at radius 3 is 2.43 bits per heavy atom. The number of carbonyl (C=O) groups excluding carboxylic acids is 1.